The van der Waals surface area contributed by atoms with Crippen LogP contribution in [0, 0.1) is 19.1 Å². The molecule has 2 saturated carbocycles. The van der Waals surface area contributed by atoms with Crippen molar-refractivity contribution in [1.82, 2.24) is 15.0 Å². The predicted molar refractivity (Wildman–Crippen MR) is 209 cm³/mol. The van der Waals surface area contributed by atoms with Crippen molar-refractivity contribution in [1.29, 1.82) is 0 Å². The number of nitrogens with zero attached hydrogens (tertiary/aromatic N) is 3. The molecule has 4 nitrogen and oxygen atoms in total. The van der Waals surface area contributed by atoms with Gasteiger partial charge < -0.3 is 14.4 Å². The molecule has 8 aromatic rings. The molecule has 3 aliphatic carbocycles. The Bertz CT molecular complexity index is 2600. The average Bonchev–Trinajstić information content (AvgIpc) is 3.90. The van der Waals surface area contributed by atoms with Crippen molar-refractivity contribution < 1.29 is 24.5 Å². The number of fused-ring (bicyclic) bond motifs is 6. The first-order chi connectivity index (χ1) is 25.6. The summed E-state index contributed by atoms with van der Waals surface area (Å²) in [6, 6.07) is 49.2. The van der Waals surface area contributed by atoms with Crippen molar-refractivity contribution in [2.75, 3.05) is 0 Å². The predicted octanol–water partition coefficient (Wildman–Crippen LogP) is 11.9. The second-order valence-corrected chi connectivity index (χ2v) is 14.6. The summed E-state index contributed by atoms with van der Waals surface area (Å²) in [5.74, 6) is 0. The van der Waals surface area contributed by atoms with Crippen LogP contribution in [0.25, 0.3) is 66.8 Å². The van der Waals surface area contributed by atoms with Gasteiger partial charge in [0.1, 0.15) is 0 Å². The second-order valence-electron chi connectivity index (χ2n) is 14.6. The van der Waals surface area contributed by atoms with Crippen molar-refractivity contribution >= 4 is 22.1 Å². The Kier molecular flexibility index (Phi) is 8.45. The number of rotatable bonds is 3. The number of hydrogen-bond donors (Lipinski definition) is 0. The van der Waals surface area contributed by atoms with Gasteiger partial charge in [0.2, 0.25) is 5.71 Å². The molecule has 0 atom stereocenters. The van der Waals surface area contributed by atoms with E-state index in [4.69, 9.17) is 9.40 Å². The zero-order valence-corrected chi connectivity index (χ0v) is 31.9. The van der Waals surface area contributed by atoms with E-state index in [-0.39, 0.29) is 20.1 Å². The molecule has 0 amide bonds. The summed E-state index contributed by atoms with van der Waals surface area (Å²) >= 11 is 0. The monoisotopic (exact) mass is 864 g/mol. The Morgan fingerprint density at radius 2 is 1.32 bits per heavy atom. The number of aryl methyl sites for hydroxylation is 1. The van der Waals surface area contributed by atoms with Gasteiger partial charge in [0.25, 0.3) is 0 Å². The summed E-state index contributed by atoms with van der Waals surface area (Å²) in [6.45, 7) is 1.96. The quantitative estimate of drug-likeness (QED) is 0.166. The molecular formula is C48H37IrN3O-2. The maximum Gasteiger partial charge on any atom is 0.216 e. The minimum absolute atomic E-state index is 0. The molecule has 2 fully saturated rings. The summed E-state index contributed by atoms with van der Waals surface area (Å²) in [5.41, 5.74) is 15.0. The molecule has 11 rings (SSSR count). The van der Waals surface area contributed by atoms with Crippen LogP contribution in [0.2, 0.25) is 0 Å². The fourth-order valence-corrected chi connectivity index (χ4v) is 9.79. The Hall–Kier alpha value is -5.22. The minimum Gasteiger partial charge on any atom is -0.486 e. The van der Waals surface area contributed by atoms with Crippen LogP contribution in [0.3, 0.4) is 0 Å². The first kappa shape index (κ1) is 33.6. The maximum absolute atomic E-state index is 6.08. The van der Waals surface area contributed by atoms with Gasteiger partial charge >= 0.3 is 0 Å². The summed E-state index contributed by atoms with van der Waals surface area (Å²) in [4.78, 5) is 13.9. The molecule has 3 aliphatic rings. The minimum atomic E-state index is 0. The van der Waals surface area contributed by atoms with Crippen LogP contribution in [0.5, 0.6) is 0 Å². The fraction of sp³-hybridized carbons (Fsp3) is 0.188. The van der Waals surface area contributed by atoms with E-state index in [1.165, 1.54) is 72.0 Å². The van der Waals surface area contributed by atoms with Crippen LogP contribution in [0.4, 0.5) is 0 Å². The molecule has 0 saturated heterocycles. The number of benzene rings is 4. The maximum atomic E-state index is 6.08. The van der Waals surface area contributed by atoms with Crippen molar-refractivity contribution in [3.8, 4) is 44.8 Å². The molecular weight excluding hydrogens is 827 g/mol. The summed E-state index contributed by atoms with van der Waals surface area (Å²) in [5, 5.41) is 2.05. The van der Waals surface area contributed by atoms with Crippen LogP contribution < -0.4 is 0 Å². The molecule has 1 radical (unpaired) electrons. The molecule has 0 N–H and O–H groups in total. The summed E-state index contributed by atoms with van der Waals surface area (Å²) in [7, 11) is 0. The summed E-state index contributed by atoms with van der Waals surface area (Å²) in [6.07, 6.45) is 11.7. The van der Waals surface area contributed by atoms with Crippen LogP contribution in [-0.4, -0.2) is 15.0 Å². The molecule has 0 aliphatic heterocycles. The van der Waals surface area contributed by atoms with Crippen molar-refractivity contribution in [3.63, 3.8) is 0 Å². The van der Waals surface area contributed by atoms with E-state index in [0.717, 1.165) is 44.4 Å². The van der Waals surface area contributed by atoms with Gasteiger partial charge in [0.05, 0.1) is 5.58 Å². The van der Waals surface area contributed by atoms with Crippen LogP contribution in [-0.2, 0) is 30.9 Å². The van der Waals surface area contributed by atoms with Gasteiger partial charge in [0, 0.05) is 43.6 Å². The largest absolute Gasteiger partial charge is 0.486 e. The molecule has 5 heteroatoms. The van der Waals surface area contributed by atoms with Gasteiger partial charge in [0.15, 0.2) is 0 Å². The topological polar surface area (TPSA) is 51.8 Å². The van der Waals surface area contributed by atoms with Gasteiger partial charge in [-0.25, -0.2) is 4.98 Å². The van der Waals surface area contributed by atoms with Gasteiger partial charge in [-0.1, -0.05) is 126 Å². The Morgan fingerprint density at radius 3 is 2.08 bits per heavy atom. The van der Waals surface area contributed by atoms with Crippen LogP contribution in [0.1, 0.15) is 55.3 Å². The third-order valence-corrected chi connectivity index (χ3v) is 12.0. The first-order valence-electron chi connectivity index (χ1n) is 18.4. The Labute approximate surface area is 323 Å². The third kappa shape index (κ3) is 5.32. The van der Waals surface area contributed by atoms with E-state index in [1.807, 2.05) is 61.8 Å². The SMILES string of the molecule is Cc1ccc2c(n1)oc1c(-c3cc(-c4ccccc4)ccn3)[c-]ccc12.[Ir].[c-]1cc(-c2ccccc2)cc2c1-c1ncccc1C13CCCC21CCC3. The number of aromatic nitrogens is 3. The van der Waals surface area contributed by atoms with Gasteiger partial charge in [-0.05, 0) is 77.4 Å². The standard InChI is InChI=1S/C25H22N.C23H15N2O.Ir/c1-2-7-18(8-3-1)19-10-11-20-22(17-19)25-14-5-12-24(25,13-6-15-25)21-9-4-16-26-23(20)21;1-15-10-11-19-18-8-5-9-20(22(18)26-23(19)25-15)21-14-17(12-13-24-21)16-6-3-2-4-7-16;/h1-4,7-10,16-17H,5-6,12-15H2;2-8,10-14H,1H3;/q2*-1;. The van der Waals surface area contributed by atoms with E-state index in [0.29, 0.717) is 16.5 Å². The van der Waals surface area contributed by atoms with Crippen LogP contribution in [0.15, 0.2) is 138 Å². The Morgan fingerprint density at radius 1 is 0.604 bits per heavy atom. The van der Waals surface area contributed by atoms with Gasteiger partial charge in [-0.3, -0.25) is 0 Å². The number of furan rings is 1. The fourth-order valence-electron chi connectivity index (χ4n) is 9.79. The van der Waals surface area contributed by atoms with Gasteiger partial charge in [-0.15, -0.1) is 47.5 Å². The van der Waals surface area contributed by atoms with Crippen molar-refractivity contribution in [2.24, 2.45) is 0 Å². The van der Waals surface area contributed by atoms with Crippen molar-refractivity contribution in [2.45, 2.75) is 56.3 Å². The van der Waals surface area contributed by atoms with E-state index >= 15 is 0 Å². The number of hydrogen-bond acceptors (Lipinski definition) is 4. The molecule has 4 aromatic carbocycles. The van der Waals surface area contributed by atoms with E-state index < -0.39 is 0 Å². The smallest absolute Gasteiger partial charge is 0.216 e. The molecule has 0 bridgehead atoms. The molecule has 4 heterocycles. The first-order valence-corrected chi connectivity index (χ1v) is 18.4. The zero-order chi connectivity index (χ0) is 34.7. The van der Waals surface area contributed by atoms with Crippen LogP contribution >= 0.6 is 0 Å². The molecule has 0 unspecified atom stereocenters. The van der Waals surface area contributed by atoms with E-state index in [9.17, 15) is 0 Å². The number of pyridine rings is 3. The van der Waals surface area contributed by atoms with Crippen molar-refractivity contribution in [3.05, 3.63) is 163 Å². The molecule has 4 aromatic heterocycles. The zero-order valence-electron chi connectivity index (χ0n) is 29.5. The normalized spacial score (nSPS) is 19.3. The van der Waals surface area contributed by atoms with Gasteiger partial charge in [-0.2, -0.15) is 0 Å². The second kappa shape index (κ2) is 13.3. The summed E-state index contributed by atoms with van der Waals surface area (Å²) < 4.78 is 6.08. The van der Waals surface area contributed by atoms with E-state index in [2.05, 4.69) is 101 Å². The molecule has 261 valence electrons. The third-order valence-electron chi connectivity index (χ3n) is 12.0. The van der Waals surface area contributed by atoms with E-state index in [1.54, 1.807) is 0 Å². The average molecular weight is 864 g/mol. The molecule has 53 heavy (non-hydrogen) atoms. The molecule has 0 spiro atoms. The Balaban J connectivity index is 0.000000138.